The Balaban J connectivity index is 1.18. The third-order valence-electron chi connectivity index (χ3n) is 11.9. The van der Waals surface area contributed by atoms with Crippen molar-refractivity contribution >= 4 is 27.5 Å². The van der Waals surface area contributed by atoms with Crippen LogP contribution < -0.4 is 9.64 Å². The van der Waals surface area contributed by atoms with Gasteiger partial charge in [0, 0.05) is 48.4 Å². The van der Waals surface area contributed by atoms with Crippen molar-refractivity contribution in [3.63, 3.8) is 0 Å². The van der Waals surface area contributed by atoms with Gasteiger partial charge in [0.1, 0.15) is 34.2 Å². The summed E-state index contributed by atoms with van der Waals surface area (Å²) in [5.74, 6) is 1.88. The van der Waals surface area contributed by atoms with Crippen molar-refractivity contribution in [3.8, 4) is 35.4 Å². The zero-order chi connectivity index (χ0) is 36.7. The smallest absolute Gasteiger partial charge is 0.319 e. The molecule has 2 N–H and O–H groups in total. The molecule has 4 aliphatic rings. The number of anilines is 1. The Morgan fingerprint density at radius 3 is 2.72 bits per heavy atom. The average molecular weight is 728 g/mol. The summed E-state index contributed by atoms with van der Waals surface area (Å²) in [5.41, 5.74) is -1.37. The van der Waals surface area contributed by atoms with E-state index in [0.717, 1.165) is 71.2 Å². The van der Waals surface area contributed by atoms with Crippen LogP contribution in [0.25, 0.3) is 32.9 Å². The van der Waals surface area contributed by atoms with E-state index >= 15 is 4.39 Å². The Kier molecular flexibility index (Phi) is 9.87. The lowest BCUT2D eigenvalue weighted by Gasteiger charge is -2.46. The van der Waals surface area contributed by atoms with Gasteiger partial charge < -0.3 is 29.3 Å². The number of likely N-dealkylation sites (tertiary alicyclic amines) is 1. The Morgan fingerprint density at radius 1 is 1.06 bits per heavy atom. The molecular weight excluding hydrogens is 680 g/mol. The minimum Gasteiger partial charge on any atom is -0.508 e. The van der Waals surface area contributed by atoms with E-state index in [1.807, 2.05) is 4.90 Å². The molecule has 4 fully saturated rings. The van der Waals surface area contributed by atoms with E-state index in [1.165, 1.54) is 36.9 Å². The third-order valence-corrected chi connectivity index (χ3v) is 11.9. The highest BCUT2D eigenvalue weighted by Crippen LogP contribution is 2.48. The van der Waals surface area contributed by atoms with Gasteiger partial charge in [-0.25, -0.2) is 8.78 Å². The van der Waals surface area contributed by atoms with E-state index in [4.69, 9.17) is 25.6 Å². The number of aromatic nitrogens is 3. The van der Waals surface area contributed by atoms with Gasteiger partial charge in [-0.05, 0) is 94.5 Å². The molecule has 1 aliphatic carbocycles. The summed E-state index contributed by atoms with van der Waals surface area (Å²) in [7, 11) is 0. The Morgan fingerprint density at radius 2 is 1.89 bits per heavy atom. The predicted molar refractivity (Wildman–Crippen MR) is 198 cm³/mol. The fraction of sp³-hybridized carbons (Fsp3) is 0.537. The maximum atomic E-state index is 17.1. The zero-order valence-electron chi connectivity index (χ0n) is 30.3. The number of aromatic hydroxyl groups is 1. The molecule has 53 heavy (non-hydrogen) atoms. The molecule has 1 saturated carbocycles. The molecule has 3 aliphatic heterocycles. The van der Waals surface area contributed by atoms with Crippen molar-refractivity contribution in [2.75, 3.05) is 64.1 Å². The number of phenols is 1. The molecule has 280 valence electrons. The van der Waals surface area contributed by atoms with Crippen LogP contribution >= 0.6 is 0 Å². The van der Waals surface area contributed by atoms with Crippen LogP contribution in [0.1, 0.15) is 63.9 Å². The van der Waals surface area contributed by atoms with E-state index in [-0.39, 0.29) is 58.1 Å². The lowest BCUT2D eigenvalue weighted by atomic mass is 9.75. The zero-order valence-corrected chi connectivity index (χ0v) is 30.3. The number of benzene rings is 2. The van der Waals surface area contributed by atoms with Crippen molar-refractivity contribution in [1.82, 2.24) is 19.9 Å². The van der Waals surface area contributed by atoms with Gasteiger partial charge in [0.15, 0.2) is 5.82 Å². The second kappa shape index (κ2) is 14.6. The first kappa shape index (κ1) is 35.9. The van der Waals surface area contributed by atoms with E-state index in [1.54, 1.807) is 6.92 Å². The minimum atomic E-state index is -1.19. The normalized spacial score (nSPS) is 25.7. The van der Waals surface area contributed by atoms with Gasteiger partial charge in [-0.3, -0.25) is 9.88 Å². The number of rotatable bonds is 8. The number of phenolic OH excluding ortho intramolecular Hbond substituents is 1. The first-order valence-corrected chi connectivity index (χ1v) is 18.9. The van der Waals surface area contributed by atoms with Crippen molar-refractivity contribution in [3.05, 3.63) is 47.7 Å². The number of aliphatic hydroxyl groups is 1. The monoisotopic (exact) mass is 727 g/mol. The molecule has 8 rings (SSSR count). The SMILES string of the molecule is C#Cc1c(F)ccc2cc(O)cc(-c3ncc4c(N5CCOCC(C)(O)C5)nc(OCC56CCCC5N(CCC5CCOCC5)CCC6)nc4c3F)c12. The number of halogens is 2. The van der Waals surface area contributed by atoms with E-state index in [2.05, 4.69) is 20.8 Å². The van der Waals surface area contributed by atoms with Gasteiger partial charge in [-0.15, -0.1) is 6.42 Å². The number of terminal acetylenes is 1. The number of piperidine rings is 1. The maximum Gasteiger partial charge on any atom is 0.319 e. The molecule has 0 spiro atoms. The molecule has 3 atom stereocenters. The van der Waals surface area contributed by atoms with E-state index in [9.17, 15) is 14.6 Å². The third kappa shape index (κ3) is 7.00. The first-order chi connectivity index (χ1) is 25.6. The Hall–Kier alpha value is -4.15. The summed E-state index contributed by atoms with van der Waals surface area (Å²) >= 11 is 0. The second-order valence-electron chi connectivity index (χ2n) is 15.7. The molecule has 0 radical (unpaired) electrons. The van der Waals surface area contributed by atoms with Crippen molar-refractivity contribution in [2.24, 2.45) is 11.3 Å². The summed E-state index contributed by atoms with van der Waals surface area (Å²) in [6.45, 7) is 6.99. The molecule has 0 amide bonds. The van der Waals surface area contributed by atoms with Crippen LogP contribution in [0, 0.1) is 35.3 Å². The minimum absolute atomic E-state index is 0.0313. The van der Waals surface area contributed by atoms with Crippen molar-refractivity contribution in [1.29, 1.82) is 0 Å². The van der Waals surface area contributed by atoms with Gasteiger partial charge in [-0.2, -0.15) is 9.97 Å². The van der Waals surface area contributed by atoms with Crippen molar-refractivity contribution in [2.45, 2.75) is 69.9 Å². The summed E-state index contributed by atoms with van der Waals surface area (Å²) in [6.07, 6.45) is 16.0. The van der Waals surface area contributed by atoms with E-state index < -0.39 is 17.2 Å². The first-order valence-electron chi connectivity index (χ1n) is 18.9. The molecule has 10 nitrogen and oxygen atoms in total. The van der Waals surface area contributed by atoms with Crippen LogP contribution in [0.15, 0.2) is 30.5 Å². The number of hydrogen-bond acceptors (Lipinski definition) is 10. The molecule has 2 aromatic heterocycles. The predicted octanol–water partition coefficient (Wildman–Crippen LogP) is 6.23. The summed E-state index contributed by atoms with van der Waals surface area (Å²) in [6, 6.07) is 5.92. The largest absolute Gasteiger partial charge is 0.508 e. The molecule has 3 unspecified atom stereocenters. The standard InChI is InChI=1S/C41H47F2N5O5/c1-3-29-32(42)8-7-27-20-28(49)21-30(34(27)29)36-35(43)37-31(22-44-36)38(48-16-19-52-24-40(2,50)23-48)46-39(45-37)53-25-41-12-4-6-33(41)47(14-5-13-41)15-9-26-10-17-51-18-11-26/h1,7-8,20-22,26,33,49-50H,4-6,9-19,23-25H2,2H3. The van der Waals surface area contributed by atoms with Gasteiger partial charge in [-0.1, -0.05) is 18.4 Å². The number of ether oxygens (including phenoxy) is 3. The molecule has 0 bridgehead atoms. The molecule has 12 heteroatoms. The summed E-state index contributed by atoms with van der Waals surface area (Å²) < 4.78 is 49.9. The van der Waals surface area contributed by atoms with Gasteiger partial charge in [0.05, 0.1) is 37.3 Å². The molecule has 2 aromatic carbocycles. The Bertz CT molecular complexity index is 2050. The average Bonchev–Trinajstić information content (AvgIpc) is 3.51. The van der Waals surface area contributed by atoms with E-state index in [0.29, 0.717) is 48.3 Å². The fourth-order valence-corrected chi connectivity index (χ4v) is 9.32. The lowest BCUT2D eigenvalue weighted by molar-refractivity contribution is -0.0123. The van der Waals surface area contributed by atoms with Crippen molar-refractivity contribution < 1.29 is 33.2 Å². The van der Waals surface area contributed by atoms with Crippen LogP contribution in [0.5, 0.6) is 11.8 Å². The molecule has 4 aromatic rings. The topological polar surface area (TPSA) is 113 Å². The summed E-state index contributed by atoms with van der Waals surface area (Å²) in [5, 5.41) is 22.7. The molecule has 3 saturated heterocycles. The highest BCUT2D eigenvalue weighted by atomic mass is 19.1. The summed E-state index contributed by atoms with van der Waals surface area (Å²) in [4.78, 5) is 18.6. The van der Waals surface area contributed by atoms with Crippen LogP contribution in [0.4, 0.5) is 14.6 Å². The number of pyridine rings is 1. The number of hydrogen-bond donors (Lipinski definition) is 2. The number of β-amino-alcohol motifs (C(OH)–C–C–N with tert-alkyl or cyclic N) is 1. The van der Waals surface area contributed by atoms with Gasteiger partial charge >= 0.3 is 6.01 Å². The lowest BCUT2D eigenvalue weighted by Crippen LogP contribution is -2.52. The van der Waals surface area contributed by atoms with Gasteiger partial charge in [0.2, 0.25) is 0 Å². The van der Waals surface area contributed by atoms with Crippen LogP contribution in [-0.2, 0) is 9.47 Å². The quantitative estimate of drug-likeness (QED) is 0.203. The second-order valence-corrected chi connectivity index (χ2v) is 15.7. The Labute approximate surface area is 308 Å². The highest BCUT2D eigenvalue weighted by molar-refractivity contribution is 6.03. The van der Waals surface area contributed by atoms with Crippen LogP contribution in [-0.4, -0.2) is 101 Å². The highest BCUT2D eigenvalue weighted by Gasteiger charge is 2.48. The fourth-order valence-electron chi connectivity index (χ4n) is 9.32. The van der Waals surface area contributed by atoms with Gasteiger partial charge in [0.25, 0.3) is 0 Å². The number of fused-ring (bicyclic) bond motifs is 3. The number of nitrogens with zero attached hydrogens (tertiary/aromatic N) is 5. The maximum absolute atomic E-state index is 17.1. The molecular formula is C41H47F2N5O5. The van der Waals surface area contributed by atoms with Crippen LogP contribution in [0.3, 0.4) is 0 Å². The van der Waals surface area contributed by atoms with Crippen LogP contribution in [0.2, 0.25) is 0 Å². The molecule has 5 heterocycles.